The molecule has 0 spiro atoms. The summed E-state index contributed by atoms with van der Waals surface area (Å²) in [6, 6.07) is 6.10. The van der Waals surface area contributed by atoms with Crippen LogP contribution in [0.4, 0.5) is 0 Å². The van der Waals surface area contributed by atoms with Crippen molar-refractivity contribution in [3.63, 3.8) is 0 Å². The lowest BCUT2D eigenvalue weighted by molar-refractivity contribution is 0.119. The van der Waals surface area contributed by atoms with Gasteiger partial charge in [0, 0.05) is 16.6 Å². The number of ether oxygens (including phenoxy) is 1. The SMILES string of the molecule is Cc1c(Br)cccc1O[C@H]1CC[C@H](CCO)CC1. The number of hydrogen-bond acceptors (Lipinski definition) is 2. The highest BCUT2D eigenvalue weighted by Crippen LogP contribution is 2.32. The number of benzene rings is 1. The lowest BCUT2D eigenvalue weighted by Crippen LogP contribution is -2.24. The van der Waals surface area contributed by atoms with Gasteiger partial charge in [-0.2, -0.15) is 0 Å². The second kappa shape index (κ2) is 6.58. The van der Waals surface area contributed by atoms with E-state index in [0.717, 1.165) is 29.5 Å². The van der Waals surface area contributed by atoms with Gasteiger partial charge in [0.05, 0.1) is 6.10 Å². The van der Waals surface area contributed by atoms with Gasteiger partial charge in [0.1, 0.15) is 5.75 Å². The predicted molar refractivity (Wildman–Crippen MR) is 77.0 cm³/mol. The van der Waals surface area contributed by atoms with Gasteiger partial charge in [0.15, 0.2) is 0 Å². The molecule has 0 saturated heterocycles. The third kappa shape index (κ3) is 3.48. The molecule has 18 heavy (non-hydrogen) atoms. The molecule has 1 saturated carbocycles. The Labute approximate surface area is 117 Å². The average molecular weight is 313 g/mol. The number of halogens is 1. The van der Waals surface area contributed by atoms with E-state index in [2.05, 4.69) is 22.9 Å². The molecule has 3 heteroatoms. The van der Waals surface area contributed by atoms with E-state index in [1.807, 2.05) is 18.2 Å². The van der Waals surface area contributed by atoms with E-state index in [9.17, 15) is 0 Å². The Hall–Kier alpha value is -0.540. The second-order valence-corrected chi connectivity index (χ2v) is 5.99. The Bertz CT molecular complexity index is 384. The van der Waals surface area contributed by atoms with Crippen LogP contribution in [0.5, 0.6) is 5.75 Å². The molecule has 0 aliphatic heterocycles. The van der Waals surface area contributed by atoms with E-state index >= 15 is 0 Å². The highest BCUT2D eigenvalue weighted by atomic mass is 79.9. The van der Waals surface area contributed by atoms with Gasteiger partial charge in [-0.05, 0) is 57.1 Å². The van der Waals surface area contributed by atoms with Gasteiger partial charge in [-0.25, -0.2) is 0 Å². The second-order valence-electron chi connectivity index (χ2n) is 5.14. The number of aliphatic hydroxyl groups is 1. The first-order valence-electron chi connectivity index (χ1n) is 6.73. The van der Waals surface area contributed by atoms with Gasteiger partial charge >= 0.3 is 0 Å². The van der Waals surface area contributed by atoms with E-state index in [4.69, 9.17) is 9.84 Å². The Kier molecular flexibility index (Phi) is 5.07. The van der Waals surface area contributed by atoms with Crippen LogP contribution in [0.1, 0.15) is 37.7 Å². The molecule has 0 amide bonds. The molecule has 1 aromatic rings. The minimum Gasteiger partial charge on any atom is -0.490 e. The molecule has 1 fully saturated rings. The minimum absolute atomic E-state index is 0.320. The normalized spacial score (nSPS) is 23.9. The zero-order chi connectivity index (χ0) is 13.0. The topological polar surface area (TPSA) is 29.5 Å². The van der Waals surface area contributed by atoms with Crippen molar-refractivity contribution in [1.29, 1.82) is 0 Å². The summed E-state index contributed by atoms with van der Waals surface area (Å²) in [6.07, 6.45) is 5.86. The third-order valence-corrected chi connectivity index (χ3v) is 4.70. The maximum Gasteiger partial charge on any atom is 0.123 e. The molecule has 2 nitrogen and oxygen atoms in total. The zero-order valence-electron chi connectivity index (χ0n) is 10.9. The fourth-order valence-electron chi connectivity index (χ4n) is 2.62. The van der Waals surface area contributed by atoms with Gasteiger partial charge in [-0.15, -0.1) is 0 Å². The van der Waals surface area contributed by atoms with Crippen LogP contribution >= 0.6 is 15.9 Å². The molecule has 1 N–H and O–H groups in total. The van der Waals surface area contributed by atoms with Gasteiger partial charge in [0.25, 0.3) is 0 Å². The van der Waals surface area contributed by atoms with Crippen LogP contribution in [-0.4, -0.2) is 17.8 Å². The van der Waals surface area contributed by atoms with E-state index in [1.165, 1.54) is 18.4 Å². The Morgan fingerprint density at radius 2 is 2.00 bits per heavy atom. The maximum absolute atomic E-state index is 8.95. The van der Waals surface area contributed by atoms with E-state index in [-0.39, 0.29) is 0 Å². The van der Waals surface area contributed by atoms with Crippen LogP contribution < -0.4 is 4.74 Å². The first kappa shape index (κ1) is 13.9. The van der Waals surface area contributed by atoms with Crippen LogP contribution in [0.25, 0.3) is 0 Å². The molecule has 1 aliphatic rings. The molecule has 1 aromatic carbocycles. The fraction of sp³-hybridized carbons (Fsp3) is 0.600. The number of aliphatic hydroxyl groups excluding tert-OH is 1. The molecular formula is C15H21BrO2. The number of hydrogen-bond donors (Lipinski definition) is 1. The Balaban J connectivity index is 1.90. The van der Waals surface area contributed by atoms with Gasteiger partial charge in [0.2, 0.25) is 0 Å². The van der Waals surface area contributed by atoms with Gasteiger partial charge < -0.3 is 9.84 Å². The fourth-order valence-corrected chi connectivity index (χ4v) is 2.96. The molecule has 1 aliphatic carbocycles. The highest BCUT2D eigenvalue weighted by Gasteiger charge is 2.22. The summed E-state index contributed by atoms with van der Waals surface area (Å²) in [6.45, 7) is 2.40. The summed E-state index contributed by atoms with van der Waals surface area (Å²) in [5, 5.41) is 8.95. The summed E-state index contributed by atoms with van der Waals surface area (Å²) in [4.78, 5) is 0. The predicted octanol–water partition coefficient (Wildman–Crippen LogP) is 4.08. The number of rotatable bonds is 4. The van der Waals surface area contributed by atoms with Crippen LogP contribution in [0.15, 0.2) is 22.7 Å². The van der Waals surface area contributed by atoms with Crippen LogP contribution in [0.2, 0.25) is 0 Å². The molecule has 0 bridgehead atoms. The Morgan fingerprint density at radius 3 is 2.67 bits per heavy atom. The Morgan fingerprint density at radius 1 is 1.28 bits per heavy atom. The van der Waals surface area contributed by atoms with Crippen molar-refractivity contribution in [3.8, 4) is 5.75 Å². The molecule has 0 unspecified atom stereocenters. The van der Waals surface area contributed by atoms with Crippen molar-refractivity contribution in [2.75, 3.05) is 6.61 Å². The summed E-state index contributed by atoms with van der Waals surface area (Å²) in [5.41, 5.74) is 1.18. The molecule has 0 atom stereocenters. The summed E-state index contributed by atoms with van der Waals surface area (Å²) in [7, 11) is 0. The standard InChI is InChI=1S/C15H21BrO2/c1-11-14(16)3-2-4-15(11)18-13-7-5-12(6-8-13)9-10-17/h2-4,12-13,17H,5-10H2,1H3/t12-,13-. The van der Waals surface area contributed by atoms with Crippen molar-refractivity contribution < 1.29 is 9.84 Å². The van der Waals surface area contributed by atoms with E-state index in [1.54, 1.807) is 0 Å². The van der Waals surface area contributed by atoms with Crippen LogP contribution in [-0.2, 0) is 0 Å². The van der Waals surface area contributed by atoms with Gasteiger partial charge in [-0.3, -0.25) is 0 Å². The highest BCUT2D eigenvalue weighted by molar-refractivity contribution is 9.10. The largest absolute Gasteiger partial charge is 0.490 e. The van der Waals surface area contributed by atoms with Crippen LogP contribution in [0, 0.1) is 12.8 Å². The molecule has 100 valence electrons. The lowest BCUT2D eigenvalue weighted by Gasteiger charge is -2.29. The summed E-state index contributed by atoms with van der Waals surface area (Å²) in [5.74, 6) is 1.69. The maximum atomic E-state index is 8.95. The first-order valence-corrected chi connectivity index (χ1v) is 7.52. The summed E-state index contributed by atoms with van der Waals surface area (Å²) >= 11 is 3.53. The third-order valence-electron chi connectivity index (χ3n) is 3.84. The molecule has 2 rings (SSSR count). The van der Waals surface area contributed by atoms with Crippen molar-refractivity contribution in [2.24, 2.45) is 5.92 Å². The summed E-state index contributed by atoms with van der Waals surface area (Å²) < 4.78 is 7.21. The lowest BCUT2D eigenvalue weighted by atomic mass is 9.85. The molecule has 0 heterocycles. The monoisotopic (exact) mass is 312 g/mol. The molecule has 0 aromatic heterocycles. The zero-order valence-corrected chi connectivity index (χ0v) is 12.4. The van der Waals surface area contributed by atoms with Gasteiger partial charge in [-0.1, -0.05) is 22.0 Å². The molecular weight excluding hydrogens is 292 g/mol. The van der Waals surface area contributed by atoms with E-state index < -0.39 is 0 Å². The van der Waals surface area contributed by atoms with E-state index in [0.29, 0.717) is 18.6 Å². The van der Waals surface area contributed by atoms with Crippen molar-refractivity contribution in [2.45, 2.75) is 45.1 Å². The average Bonchev–Trinajstić information content (AvgIpc) is 2.38. The van der Waals surface area contributed by atoms with Crippen LogP contribution in [0.3, 0.4) is 0 Å². The quantitative estimate of drug-likeness (QED) is 0.907. The van der Waals surface area contributed by atoms with Crippen molar-refractivity contribution in [3.05, 3.63) is 28.2 Å². The van der Waals surface area contributed by atoms with Crippen molar-refractivity contribution in [1.82, 2.24) is 0 Å². The molecule has 0 radical (unpaired) electrons. The minimum atomic E-state index is 0.320. The smallest absolute Gasteiger partial charge is 0.123 e. The van der Waals surface area contributed by atoms with Crippen molar-refractivity contribution >= 4 is 15.9 Å². The first-order chi connectivity index (χ1) is 8.70.